The fourth-order valence-electron chi connectivity index (χ4n) is 6.87. The van der Waals surface area contributed by atoms with Crippen molar-refractivity contribution in [3.05, 3.63) is 144 Å². The van der Waals surface area contributed by atoms with Crippen molar-refractivity contribution in [2.75, 3.05) is 4.90 Å². The third-order valence-corrected chi connectivity index (χ3v) is 8.77. The van der Waals surface area contributed by atoms with Crippen LogP contribution in [0, 0.1) is 0 Å². The molecule has 5 aromatic rings. The van der Waals surface area contributed by atoms with Gasteiger partial charge in [0.1, 0.15) is 11.3 Å². The largest absolute Gasteiger partial charge is 0.459 e. The summed E-state index contributed by atoms with van der Waals surface area (Å²) in [5.74, 6) is 1.06. The van der Waals surface area contributed by atoms with Crippen LogP contribution >= 0.6 is 0 Å². The van der Waals surface area contributed by atoms with E-state index in [4.69, 9.17) is 4.42 Å². The predicted octanol–water partition coefficient (Wildman–Crippen LogP) is 9.69. The van der Waals surface area contributed by atoms with Gasteiger partial charge in [0.2, 0.25) is 0 Å². The fourth-order valence-corrected chi connectivity index (χ4v) is 6.87. The summed E-state index contributed by atoms with van der Waals surface area (Å²) in [5.41, 5.74) is 10.6. The first-order chi connectivity index (χ1) is 19.2. The third-order valence-electron chi connectivity index (χ3n) is 8.77. The fraction of sp³-hybridized carbons (Fsp3) is 0.135. The second-order valence-corrected chi connectivity index (χ2v) is 11.0. The first-order valence-corrected chi connectivity index (χ1v) is 13.9. The van der Waals surface area contributed by atoms with Gasteiger partial charge >= 0.3 is 0 Å². The molecule has 1 aromatic heterocycles. The van der Waals surface area contributed by atoms with Gasteiger partial charge in [0.05, 0.1) is 11.5 Å². The Morgan fingerprint density at radius 1 is 0.769 bits per heavy atom. The maximum Gasteiger partial charge on any atom is 0.134 e. The molecule has 2 nitrogen and oxygen atoms in total. The zero-order valence-electron chi connectivity index (χ0n) is 22.0. The molecular weight excluding hydrogens is 474 g/mol. The van der Waals surface area contributed by atoms with Gasteiger partial charge in [-0.15, -0.1) is 0 Å². The Balaban J connectivity index is 1.36. The van der Waals surface area contributed by atoms with Gasteiger partial charge in [-0.05, 0) is 77.9 Å². The summed E-state index contributed by atoms with van der Waals surface area (Å²) in [7, 11) is 0. The summed E-state index contributed by atoms with van der Waals surface area (Å²) in [6.07, 6.45) is 13.8. The molecule has 4 aromatic carbocycles. The Hall–Kier alpha value is -4.56. The molecule has 0 spiro atoms. The second-order valence-electron chi connectivity index (χ2n) is 11.0. The lowest BCUT2D eigenvalue weighted by Gasteiger charge is -2.36. The first-order valence-electron chi connectivity index (χ1n) is 13.9. The number of furan rings is 1. The van der Waals surface area contributed by atoms with Crippen LogP contribution in [0.4, 0.5) is 11.4 Å². The molecular formula is C37H29NO. The molecule has 188 valence electrons. The van der Waals surface area contributed by atoms with Crippen LogP contribution in [0.1, 0.15) is 42.2 Å². The van der Waals surface area contributed by atoms with E-state index in [0.717, 1.165) is 24.2 Å². The van der Waals surface area contributed by atoms with Crippen LogP contribution in [0.5, 0.6) is 0 Å². The average molecular weight is 504 g/mol. The van der Waals surface area contributed by atoms with Gasteiger partial charge in [-0.3, -0.25) is 0 Å². The number of hydrogen-bond donors (Lipinski definition) is 0. The third kappa shape index (κ3) is 3.28. The monoisotopic (exact) mass is 503 g/mol. The molecule has 2 atom stereocenters. The summed E-state index contributed by atoms with van der Waals surface area (Å²) in [6.45, 7) is 2.36. The smallest absolute Gasteiger partial charge is 0.134 e. The molecule has 3 aliphatic rings. The van der Waals surface area contributed by atoms with Crippen LogP contribution in [0.3, 0.4) is 0 Å². The van der Waals surface area contributed by atoms with Crippen molar-refractivity contribution in [3.63, 3.8) is 0 Å². The van der Waals surface area contributed by atoms with Gasteiger partial charge < -0.3 is 9.32 Å². The number of rotatable bonds is 3. The molecule has 0 amide bonds. The van der Waals surface area contributed by atoms with Crippen molar-refractivity contribution >= 4 is 34.0 Å². The highest BCUT2D eigenvalue weighted by Crippen LogP contribution is 2.56. The van der Waals surface area contributed by atoms with Crippen molar-refractivity contribution in [3.8, 4) is 11.1 Å². The lowest BCUT2D eigenvalue weighted by Crippen LogP contribution is -2.42. The van der Waals surface area contributed by atoms with Crippen LogP contribution < -0.4 is 4.90 Å². The zero-order valence-corrected chi connectivity index (χ0v) is 22.0. The van der Waals surface area contributed by atoms with Gasteiger partial charge in [0, 0.05) is 22.3 Å². The summed E-state index contributed by atoms with van der Waals surface area (Å²) in [4.78, 5) is 2.53. The molecule has 0 fully saturated rings. The van der Waals surface area contributed by atoms with Crippen molar-refractivity contribution in [1.82, 2.24) is 0 Å². The molecule has 0 saturated carbocycles. The molecule has 0 radical (unpaired) electrons. The van der Waals surface area contributed by atoms with E-state index in [9.17, 15) is 0 Å². The molecule has 1 aliphatic heterocycles. The number of hydrogen-bond acceptors (Lipinski definition) is 2. The number of allylic oxidation sites excluding steroid dienone is 4. The first kappa shape index (κ1) is 22.4. The van der Waals surface area contributed by atoms with Gasteiger partial charge in [-0.2, -0.15) is 0 Å². The maximum absolute atomic E-state index is 6.66. The Morgan fingerprint density at radius 2 is 1.56 bits per heavy atom. The molecule has 0 N–H and O–H groups in total. The van der Waals surface area contributed by atoms with E-state index in [1.54, 1.807) is 0 Å². The van der Waals surface area contributed by atoms with E-state index in [1.807, 2.05) is 0 Å². The van der Waals surface area contributed by atoms with Crippen molar-refractivity contribution in [2.45, 2.75) is 31.2 Å². The summed E-state index contributed by atoms with van der Waals surface area (Å²) in [5, 5.41) is 1.18. The minimum Gasteiger partial charge on any atom is -0.459 e. The predicted molar refractivity (Wildman–Crippen MR) is 162 cm³/mol. The minimum absolute atomic E-state index is 0.0951. The molecule has 8 rings (SSSR count). The van der Waals surface area contributed by atoms with E-state index >= 15 is 0 Å². The maximum atomic E-state index is 6.66. The molecule has 2 heteroatoms. The van der Waals surface area contributed by atoms with Crippen LogP contribution in [0.25, 0.3) is 33.7 Å². The van der Waals surface area contributed by atoms with Crippen LogP contribution in [-0.2, 0) is 5.41 Å². The normalized spacial score (nSPS) is 21.0. The van der Waals surface area contributed by atoms with E-state index < -0.39 is 0 Å². The van der Waals surface area contributed by atoms with Gasteiger partial charge in [0.25, 0.3) is 0 Å². The summed E-state index contributed by atoms with van der Waals surface area (Å²) >= 11 is 0. The molecule has 2 heterocycles. The van der Waals surface area contributed by atoms with E-state index in [2.05, 4.69) is 139 Å². The Kier molecular flexibility index (Phi) is 4.87. The quantitative estimate of drug-likeness (QED) is 0.244. The van der Waals surface area contributed by atoms with Crippen molar-refractivity contribution in [2.24, 2.45) is 0 Å². The highest BCUT2D eigenvalue weighted by atomic mass is 16.3. The number of para-hydroxylation sites is 2. The Bertz CT molecular complexity index is 1840. The van der Waals surface area contributed by atoms with Crippen LogP contribution in [-0.4, -0.2) is 6.04 Å². The lowest BCUT2D eigenvalue weighted by molar-refractivity contribution is 0.409. The summed E-state index contributed by atoms with van der Waals surface area (Å²) in [6, 6.07) is 35.2. The van der Waals surface area contributed by atoms with Crippen LogP contribution in [0.15, 0.2) is 126 Å². The number of nitrogens with zero attached hydrogens (tertiary/aromatic N) is 1. The van der Waals surface area contributed by atoms with Crippen molar-refractivity contribution < 1.29 is 4.42 Å². The molecule has 0 saturated heterocycles. The van der Waals surface area contributed by atoms with E-state index in [0.29, 0.717) is 0 Å². The average Bonchev–Trinajstić information content (AvgIpc) is 3.51. The number of benzene rings is 4. The van der Waals surface area contributed by atoms with Crippen molar-refractivity contribution in [1.29, 1.82) is 0 Å². The molecule has 2 unspecified atom stereocenters. The Labute approximate surface area is 229 Å². The van der Waals surface area contributed by atoms with E-state index in [-0.39, 0.29) is 11.5 Å². The topological polar surface area (TPSA) is 16.4 Å². The SMILES string of the molecule is CC12c3ccccc3N(c3cc(C4=CCCC=C4)cc(-c4ccccc4)c3)C1C=Cc1c2oc2ccccc12. The molecule has 0 bridgehead atoms. The molecule has 39 heavy (non-hydrogen) atoms. The van der Waals surface area contributed by atoms with E-state index in [1.165, 1.54) is 50.2 Å². The Morgan fingerprint density at radius 3 is 2.44 bits per heavy atom. The van der Waals surface area contributed by atoms with Gasteiger partial charge in [-0.1, -0.05) is 97.1 Å². The van der Waals surface area contributed by atoms with Gasteiger partial charge in [0.15, 0.2) is 0 Å². The number of anilines is 2. The number of fused-ring (bicyclic) bond motifs is 7. The van der Waals surface area contributed by atoms with Crippen LogP contribution in [0.2, 0.25) is 0 Å². The minimum atomic E-state index is -0.313. The highest BCUT2D eigenvalue weighted by molar-refractivity contribution is 5.93. The van der Waals surface area contributed by atoms with Gasteiger partial charge in [-0.25, -0.2) is 0 Å². The highest BCUT2D eigenvalue weighted by Gasteiger charge is 2.53. The second kappa shape index (κ2) is 8.47. The molecule has 2 aliphatic carbocycles. The zero-order chi connectivity index (χ0) is 26.0. The lowest BCUT2D eigenvalue weighted by atomic mass is 9.72. The summed E-state index contributed by atoms with van der Waals surface area (Å²) < 4.78 is 6.66. The standard InChI is InChI=1S/C37H29NO/c1-37-32-17-9-10-18-33(32)38(35(37)21-20-31-30-16-8-11-19-34(30)39-36(31)37)29-23-27(25-12-4-2-5-13-25)22-28(24-29)26-14-6-3-7-15-26/h2,4-6,8-24,35H,3,7H2,1H3.